The summed E-state index contributed by atoms with van der Waals surface area (Å²) >= 11 is 0. The van der Waals surface area contributed by atoms with Crippen molar-refractivity contribution in [1.82, 2.24) is 14.9 Å². The smallest absolute Gasteiger partial charge is 0.356 e. The summed E-state index contributed by atoms with van der Waals surface area (Å²) in [6.07, 6.45) is 1.53. The van der Waals surface area contributed by atoms with Gasteiger partial charge in [-0.25, -0.2) is 14.8 Å². The minimum Gasteiger partial charge on any atom is -0.464 e. The summed E-state index contributed by atoms with van der Waals surface area (Å²) in [6.45, 7) is 1.59. The second-order valence-corrected chi connectivity index (χ2v) is 3.49. The van der Waals surface area contributed by atoms with E-state index in [2.05, 4.69) is 20.0 Å². The number of carbonyl (C=O) groups excluding carboxylic acids is 1. The van der Waals surface area contributed by atoms with Crippen LogP contribution < -0.4 is 5.32 Å². The molecule has 0 bridgehead atoms. The van der Waals surface area contributed by atoms with Crippen LogP contribution in [0.15, 0.2) is 12.3 Å². The number of likely N-dealkylation sites (N-methyl/N-ethyl adjacent to an activating group) is 1. The molecular weight excluding hydrogens is 208 g/mol. The van der Waals surface area contributed by atoms with E-state index in [-0.39, 0.29) is 5.69 Å². The zero-order valence-electron chi connectivity index (χ0n) is 9.73. The summed E-state index contributed by atoms with van der Waals surface area (Å²) in [4.78, 5) is 21.3. The summed E-state index contributed by atoms with van der Waals surface area (Å²) in [7, 11) is 5.28. The third-order valence-electron chi connectivity index (χ3n) is 1.89. The maximum atomic E-state index is 11.2. The summed E-state index contributed by atoms with van der Waals surface area (Å²) in [5.41, 5.74) is 0.254. The summed E-state index contributed by atoms with van der Waals surface area (Å²) in [5.74, 6) is -0.0252. The Morgan fingerprint density at radius 2 is 2.31 bits per heavy atom. The Labute approximate surface area is 94.6 Å². The van der Waals surface area contributed by atoms with Gasteiger partial charge in [0.15, 0.2) is 5.69 Å². The van der Waals surface area contributed by atoms with Crippen LogP contribution in [0.1, 0.15) is 10.5 Å². The topological polar surface area (TPSA) is 67.3 Å². The fourth-order valence-electron chi connectivity index (χ4n) is 1.05. The molecule has 1 aromatic rings. The Hall–Kier alpha value is -1.69. The highest BCUT2D eigenvalue weighted by atomic mass is 16.5. The molecule has 0 fully saturated rings. The van der Waals surface area contributed by atoms with Crippen LogP contribution in [0.25, 0.3) is 0 Å². The second-order valence-electron chi connectivity index (χ2n) is 3.49. The standard InChI is InChI=1S/C10H16N4O2/c1-14(2)7-6-12-10-11-5-4-8(13-10)9(15)16-3/h4-5H,6-7H2,1-3H3,(H,11,12,13). The lowest BCUT2D eigenvalue weighted by Crippen LogP contribution is -2.21. The molecule has 1 aromatic heterocycles. The average molecular weight is 224 g/mol. The minimum atomic E-state index is -0.460. The Balaban J connectivity index is 2.57. The fourth-order valence-corrected chi connectivity index (χ4v) is 1.05. The average Bonchev–Trinajstić information content (AvgIpc) is 2.28. The molecule has 88 valence electrons. The van der Waals surface area contributed by atoms with Crippen LogP contribution in [-0.4, -0.2) is 55.1 Å². The molecule has 1 heterocycles. The van der Waals surface area contributed by atoms with Gasteiger partial charge in [-0.2, -0.15) is 0 Å². The highest BCUT2D eigenvalue weighted by molar-refractivity contribution is 5.87. The number of nitrogens with zero attached hydrogens (tertiary/aromatic N) is 3. The number of nitrogens with one attached hydrogen (secondary N) is 1. The lowest BCUT2D eigenvalue weighted by Gasteiger charge is -2.10. The van der Waals surface area contributed by atoms with E-state index < -0.39 is 5.97 Å². The van der Waals surface area contributed by atoms with Crippen molar-refractivity contribution in [3.63, 3.8) is 0 Å². The maximum absolute atomic E-state index is 11.2. The number of ether oxygens (including phenoxy) is 1. The number of hydrogen-bond acceptors (Lipinski definition) is 6. The van der Waals surface area contributed by atoms with Gasteiger partial charge in [0.2, 0.25) is 5.95 Å². The van der Waals surface area contributed by atoms with E-state index in [0.717, 1.165) is 13.1 Å². The molecular formula is C10H16N4O2. The quantitative estimate of drug-likeness (QED) is 0.722. The van der Waals surface area contributed by atoms with Crippen LogP contribution in [0.5, 0.6) is 0 Å². The van der Waals surface area contributed by atoms with Gasteiger partial charge in [-0.3, -0.25) is 0 Å². The van der Waals surface area contributed by atoms with Gasteiger partial charge < -0.3 is 15.0 Å². The molecule has 0 saturated heterocycles. The molecule has 16 heavy (non-hydrogen) atoms. The second kappa shape index (κ2) is 6.02. The van der Waals surface area contributed by atoms with Crippen LogP contribution >= 0.6 is 0 Å². The first-order chi connectivity index (χ1) is 7.63. The Bertz CT molecular complexity index is 354. The largest absolute Gasteiger partial charge is 0.464 e. The zero-order valence-corrected chi connectivity index (χ0v) is 9.73. The van der Waals surface area contributed by atoms with Crippen molar-refractivity contribution in [2.45, 2.75) is 0 Å². The number of esters is 1. The number of aromatic nitrogens is 2. The molecule has 6 nitrogen and oxygen atoms in total. The van der Waals surface area contributed by atoms with E-state index in [0.29, 0.717) is 5.95 Å². The highest BCUT2D eigenvalue weighted by Gasteiger charge is 2.07. The molecule has 0 atom stereocenters. The molecule has 0 radical (unpaired) electrons. The van der Waals surface area contributed by atoms with Crippen molar-refractivity contribution in [3.05, 3.63) is 18.0 Å². The Morgan fingerprint density at radius 1 is 1.56 bits per heavy atom. The number of rotatable bonds is 5. The van der Waals surface area contributed by atoms with Gasteiger partial charge in [0.05, 0.1) is 7.11 Å². The number of hydrogen-bond donors (Lipinski definition) is 1. The van der Waals surface area contributed by atoms with Crippen molar-refractivity contribution in [2.24, 2.45) is 0 Å². The van der Waals surface area contributed by atoms with Crippen LogP contribution in [0.4, 0.5) is 5.95 Å². The molecule has 0 spiro atoms. The van der Waals surface area contributed by atoms with Gasteiger partial charge >= 0.3 is 5.97 Å². The van der Waals surface area contributed by atoms with Gasteiger partial charge in [0, 0.05) is 19.3 Å². The van der Waals surface area contributed by atoms with E-state index in [4.69, 9.17) is 0 Å². The van der Waals surface area contributed by atoms with Gasteiger partial charge in [-0.05, 0) is 20.2 Å². The van der Waals surface area contributed by atoms with Crippen molar-refractivity contribution in [2.75, 3.05) is 39.6 Å². The fraction of sp³-hybridized carbons (Fsp3) is 0.500. The van der Waals surface area contributed by atoms with E-state index in [1.807, 2.05) is 19.0 Å². The molecule has 0 unspecified atom stereocenters. The third kappa shape index (κ3) is 3.82. The van der Waals surface area contributed by atoms with E-state index >= 15 is 0 Å². The van der Waals surface area contributed by atoms with Crippen LogP contribution in [0, 0.1) is 0 Å². The lowest BCUT2D eigenvalue weighted by molar-refractivity contribution is 0.0594. The highest BCUT2D eigenvalue weighted by Crippen LogP contribution is 2.01. The lowest BCUT2D eigenvalue weighted by atomic mass is 10.4. The number of carbonyl (C=O) groups is 1. The van der Waals surface area contributed by atoms with E-state index in [9.17, 15) is 4.79 Å². The molecule has 0 aliphatic heterocycles. The van der Waals surface area contributed by atoms with Gasteiger partial charge in [0.25, 0.3) is 0 Å². The number of methoxy groups -OCH3 is 1. The molecule has 0 saturated carbocycles. The molecule has 0 aliphatic carbocycles. The molecule has 0 aromatic carbocycles. The normalized spacial score (nSPS) is 10.2. The SMILES string of the molecule is COC(=O)c1ccnc(NCCN(C)C)n1. The van der Waals surface area contributed by atoms with Crippen molar-refractivity contribution >= 4 is 11.9 Å². The first-order valence-corrected chi connectivity index (χ1v) is 4.93. The molecule has 1 rings (SSSR count). The molecule has 0 amide bonds. The van der Waals surface area contributed by atoms with Crippen LogP contribution in [-0.2, 0) is 4.74 Å². The van der Waals surface area contributed by atoms with Crippen molar-refractivity contribution < 1.29 is 9.53 Å². The third-order valence-corrected chi connectivity index (χ3v) is 1.89. The first kappa shape index (κ1) is 12.4. The first-order valence-electron chi connectivity index (χ1n) is 4.93. The van der Waals surface area contributed by atoms with Crippen LogP contribution in [0.3, 0.4) is 0 Å². The minimum absolute atomic E-state index is 0.254. The van der Waals surface area contributed by atoms with Gasteiger partial charge in [-0.1, -0.05) is 0 Å². The van der Waals surface area contributed by atoms with Gasteiger partial charge in [-0.15, -0.1) is 0 Å². The van der Waals surface area contributed by atoms with Crippen molar-refractivity contribution in [1.29, 1.82) is 0 Å². The van der Waals surface area contributed by atoms with Crippen molar-refractivity contribution in [3.8, 4) is 0 Å². The summed E-state index contributed by atoms with van der Waals surface area (Å²) in [5, 5.41) is 3.02. The monoisotopic (exact) mass is 224 g/mol. The Kier molecular flexibility index (Phi) is 4.65. The zero-order chi connectivity index (χ0) is 12.0. The number of anilines is 1. The maximum Gasteiger partial charge on any atom is 0.356 e. The predicted molar refractivity (Wildman–Crippen MR) is 60.4 cm³/mol. The molecule has 0 aliphatic rings. The van der Waals surface area contributed by atoms with Crippen LogP contribution in [0.2, 0.25) is 0 Å². The predicted octanol–water partition coefficient (Wildman–Crippen LogP) is 0.237. The van der Waals surface area contributed by atoms with E-state index in [1.165, 1.54) is 19.4 Å². The Morgan fingerprint density at radius 3 is 2.94 bits per heavy atom. The molecule has 6 heteroatoms. The van der Waals surface area contributed by atoms with E-state index in [1.54, 1.807) is 0 Å². The summed E-state index contributed by atoms with van der Waals surface area (Å²) in [6, 6.07) is 1.52. The molecule has 1 N–H and O–H groups in total. The summed E-state index contributed by atoms with van der Waals surface area (Å²) < 4.78 is 4.57. The van der Waals surface area contributed by atoms with Gasteiger partial charge in [0.1, 0.15) is 0 Å².